The minimum atomic E-state index is -3.89. The average molecular weight is 448 g/mol. The van der Waals surface area contributed by atoms with E-state index in [1.165, 1.54) is 23.5 Å². The zero-order valence-corrected chi connectivity index (χ0v) is 18.3. The second-order valence-corrected chi connectivity index (χ2v) is 9.03. The molecule has 0 bridgehead atoms. The van der Waals surface area contributed by atoms with Gasteiger partial charge in [-0.15, -0.1) is 0 Å². The van der Waals surface area contributed by atoms with E-state index in [-0.39, 0.29) is 42.0 Å². The van der Waals surface area contributed by atoms with Crippen LogP contribution in [0.3, 0.4) is 0 Å². The highest BCUT2D eigenvalue weighted by atomic mass is 32.2. The first-order valence-electron chi connectivity index (χ1n) is 9.84. The number of methoxy groups -OCH3 is 2. The Morgan fingerprint density at radius 3 is 2.42 bits per heavy atom. The van der Waals surface area contributed by atoms with Gasteiger partial charge in [-0.1, -0.05) is 24.3 Å². The van der Waals surface area contributed by atoms with Gasteiger partial charge in [0.25, 0.3) is 0 Å². The fourth-order valence-electron chi connectivity index (χ4n) is 3.48. The van der Waals surface area contributed by atoms with Gasteiger partial charge in [0.15, 0.2) is 0 Å². The lowest BCUT2D eigenvalue weighted by molar-refractivity contribution is -0.151. The third-order valence-corrected chi connectivity index (χ3v) is 7.17. The van der Waals surface area contributed by atoms with E-state index in [0.29, 0.717) is 18.6 Å². The number of sulfonamides is 1. The molecule has 0 saturated carbocycles. The van der Waals surface area contributed by atoms with Crippen molar-refractivity contribution in [1.29, 1.82) is 0 Å². The lowest BCUT2D eigenvalue weighted by Crippen LogP contribution is -2.41. The van der Waals surface area contributed by atoms with Crippen molar-refractivity contribution in [3.63, 3.8) is 0 Å². The van der Waals surface area contributed by atoms with Crippen molar-refractivity contribution in [3.8, 4) is 5.75 Å². The predicted molar refractivity (Wildman–Crippen MR) is 112 cm³/mol. The molecule has 0 unspecified atom stereocenters. The third-order valence-electron chi connectivity index (χ3n) is 5.21. The summed E-state index contributed by atoms with van der Waals surface area (Å²) in [5.74, 6) is -0.766. The van der Waals surface area contributed by atoms with Crippen LogP contribution in [0.4, 0.5) is 0 Å². The lowest BCUT2D eigenvalue weighted by atomic mass is 9.98. The summed E-state index contributed by atoms with van der Waals surface area (Å²) in [6.45, 7) is 0.453. The Labute approximate surface area is 181 Å². The third kappa shape index (κ3) is 5.23. The monoisotopic (exact) mass is 447 g/mol. The normalized spacial score (nSPS) is 15.3. The molecular formula is C22H25NO7S. The molecule has 1 aliphatic heterocycles. The Kier molecular flexibility index (Phi) is 7.29. The Balaban J connectivity index is 1.61. The molecule has 9 heteroatoms. The summed E-state index contributed by atoms with van der Waals surface area (Å²) in [5, 5.41) is 0. The molecule has 3 rings (SSSR count). The number of esters is 2. The summed E-state index contributed by atoms with van der Waals surface area (Å²) in [6, 6.07) is 13.2. The topological polar surface area (TPSA) is 99.2 Å². The quantitative estimate of drug-likeness (QED) is 0.602. The highest BCUT2D eigenvalue weighted by Gasteiger charge is 2.34. The molecule has 0 aromatic heterocycles. The molecule has 1 aliphatic rings. The molecule has 31 heavy (non-hydrogen) atoms. The van der Waals surface area contributed by atoms with Gasteiger partial charge in [-0.25, -0.2) is 13.2 Å². The number of nitrogens with zero attached hydrogens (tertiary/aromatic N) is 1. The van der Waals surface area contributed by atoms with Gasteiger partial charge in [0.05, 0.1) is 30.6 Å². The van der Waals surface area contributed by atoms with E-state index in [1.54, 1.807) is 31.4 Å². The SMILES string of the molecule is COC(=O)c1ccccc1S(=O)(=O)N1CCC(C(=O)OCc2cccc(OC)c2)CC1. The average Bonchev–Trinajstić information content (AvgIpc) is 2.82. The van der Waals surface area contributed by atoms with E-state index in [2.05, 4.69) is 0 Å². The maximum Gasteiger partial charge on any atom is 0.339 e. The van der Waals surface area contributed by atoms with Crippen LogP contribution in [-0.4, -0.2) is 52.0 Å². The molecule has 8 nitrogen and oxygen atoms in total. The zero-order valence-electron chi connectivity index (χ0n) is 17.4. The summed E-state index contributed by atoms with van der Waals surface area (Å²) >= 11 is 0. The van der Waals surface area contributed by atoms with Crippen molar-refractivity contribution in [2.45, 2.75) is 24.3 Å². The van der Waals surface area contributed by atoms with Gasteiger partial charge in [-0.2, -0.15) is 4.31 Å². The fraction of sp³-hybridized carbons (Fsp3) is 0.364. The van der Waals surface area contributed by atoms with Gasteiger partial charge in [-0.3, -0.25) is 4.79 Å². The number of hydrogen-bond acceptors (Lipinski definition) is 7. The Hall–Kier alpha value is -2.91. The van der Waals surface area contributed by atoms with Gasteiger partial charge < -0.3 is 14.2 Å². The van der Waals surface area contributed by atoms with E-state index in [1.807, 2.05) is 12.1 Å². The first-order chi connectivity index (χ1) is 14.9. The smallest absolute Gasteiger partial charge is 0.339 e. The molecule has 0 radical (unpaired) electrons. The van der Waals surface area contributed by atoms with Crippen molar-refractivity contribution >= 4 is 22.0 Å². The number of piperidine rings is 1. The molecule has 166 valence electrons. The molecule has 0 N–H and O–H groups in total. The van der Waals surface area contributed by atoms with Gasteiger partial charge in [0, 0.05) is 13.1 Å². The van der Waals surface area contributed by atoms with Crippen LogP contribution in [0.1, 0.15) is 28.8 Å². The molecule has 0 amide bonds. The maximum absolute atomic E-state index is 13.1. The minimum absolute atomic E-state index is 0.00942. The Morgan fingerprint density at radius 2 is 1.74 bits per heavy atom. The summed E-state index contributed by atoms with van der Waals surface area (Å²) in [4.78, 5) is 24.3. The molecule has 1 heterocycles. The molecular weight excluding hydrogens is 422 g/mol. The van der Waals surface area contributed by atoms with Crippen molar-refractivity contribution in [2.24, 2.45) is 5.92 Å². The van der Waals surface area contributed by atoms with Gasteiger partial charge in [0.2, 0.25) is 10.0 Å². The molecule has 0 aliphatic carbocycles. The summed E-state index contributed by atoms with van der Waals surface area (Å²) < 4.78 is 42.7. The number of ether oxygens (including phenoxy) is 3. The van der Waals surface area contributed by atoms with Gasteiger partial charge in [-0.05, 0) is 42.7 Å². The number of carbonyl (C=O) groups excluding carboxylic acids is 2. The Morgan fingerprint density at radius 1 is 1.03 bits per heavy atom. The van der Waals surface area contributed by atoms with Crippen LogP contribution in [0.5, 0.6) is 5.75 Å². The predicted octanol–water partition coefficient (Wildman–Crippen LogP) is 2.63. The summed E-state index contributed by atoms with van der Waals surface area (Å²) in [6.07, 6.45) is 0.688. The molecule has 1 saturated heterocycles. The number of hydrogen-bond donors (Lipinski definition) is 0. The van der Waals surface area contributed by atoms with Crippen LogP contribution in [0.25, 0.3) is 0 Å². The first kappa shape index (κ1) is 22.8. The van der Waals surface area contributed by atoms with E-state index in [4.69, 9.17) is 14.2 Å². The zero-order chi connectivity index (χ0) is 22.4. The van der Waals surface area contributed by atoms with Crippen molar-refractivity contribution in [3.05, 3.63) is 59.7 Å². The summed E-state index contributed by atoms with van der Waals surface area (Å²) in [7, 11) is -1.12. The van der Waals surface area contributed by atoms with E-state index in [0.717, 1.165) is 5.56 Å². The molecule has 2 aromatic rings. The minimum Gasteiger partial charge on any atom is -0.497 e. The molecule has 2 aromatic carbocycles. The van der Waals surface area contributed by atoms with Crippen molar-refractivity contribution in [1.82, 2.24) is 4.31 Å². The second kappa shape index (κ2) is 9.93. The molecule has 1 fully saturated rings. The second-order valence-electron chi connectivity index (χ2n) is 7.13. The van der Waals surface area contributed by atoms with Crippen molar-refractivity contribution < 1.29 is 32.2 Å². The van der Waals surface area contributed by atoms with E-state index < -0.39 is 16.0 Å². The van der Waals surface area contributed by atoms with Crippen LogP contribution in [-0.2, 0) is 30.9 Å². The van der Waals surface area contributed by atoms with Gasteiger partial charge in [0.1, 0.15) is 12.4 Å². The van der Waals surface area contributed by atoms with Crippen LogP contribution in [0, 0.1) is 5.92 Å². The van der Waals surface area contributed by atoms with E-state index >= 15 is 0 Å². The van der Waals surface area contributed by atoms with E-state index in [9.17, 15) is 18.0 Å². The maximum atomic E-state index is 13.1. The standard InChI is InChI=1S/C22H25NO7S/c1-28-18-7-5-6-16(14-18)15-30-21(24)17-10-12-23(13-11-17)31(26,27)20-9-4-3-8-19(20)22(25)29-2/h3-9,14,17H,10-13,15H2,1-2H3. The Bertz CT molecular complexity index is 1040. The number of rotatable bonds is 7. The van der Waals surface area contributed by atoms with Crippen LogP contribution in [0.2, 0.25) is 0 Å². The number of benzene rings is 2. The summed E-state index contributed by atoms with van der Waals surface area (Å²) in [5.41, 5.74) is 0.803. The van der Waals surface area contributed by atoms with Crippen molar-refractivity contribution in [2.75, 3.05) is 27.3 Å². The largest absolute Gasteiger partial charge is 0.497 e. The number of carbonyl (C=O) groups is 2. The lowest BCUT2D eigenvalue weighted by Gasteiger charge is -2.30. The van der Waals surface area contributed by atoms with Gasteiger partial charge >= 0.3 is 11.9 Å². The highest BCUT2D eigenvalue weighted by molar-refractivity contribution is 7.89. The van der Waals surface area contributed by atoms with Crippen LogP contribution < -0.4 is 4.74 Å². The first-order valence-corrected chi connectivity index (χ1v) is 11.3. The van der Waals surface area contributed by atoms with Crippen LogP contribution >= 0.6 is 0 Å². The highest BCUT2D eigenvalue weighted by Crippen LogP contribution is 2.27. The molecule has 0 spiro atoms. The van der Waals surface area contributed by atoms with Crippen LogP contribution in [0.15, 0.2) is 53.4 Å². The fourth-order valence-corrected chi connectivity index (χ4v) is 5.13. The molecule has 0 atom stereocenters.